The van der Waals surface area contributed by atoms with E-state index in [0.717, 1.165) is 29.6 Å². The van der Waals surface area contributed by atoms with E-state index in [1.54, 1.807) is 6.08 Å². The normalized spacial score (nSPS) is 27.7. The number of allylic oxidation sites excluding steroid dienone is 19. The average Bonchev–Trinajstić information content (AvgIpc) is 3.10. The lowest BCUT2D eigenvalue weighted by Crippen LogP contribution is -2.36. The molecule has 2 aliphatic carbocycles. The first-order valence-corrected chi connectivity index (χ1v) is 15.7. The van der Waals surface area contributed by atoms with Crippen molar-refractivity contribution in [3.05, 3.63) is 119 Å². The number of carbonyl (C=O) groups is 1. The molecule has 2 aliphatic rings. The smallest absolute Gasteiger partial charge is 0.162 e. The van der Waals surface area contributed by atoms with Crippen LogP contribution in [0.5, 0.6) is 0 Å². The average molecular weight is 585 g/mol. The highest BCUT2D eigenvalue weighted by atomic mass is 16.3. The van der Waals surface area contributed by atoms with Gasteiger partial charge in [0, 0.05) is 5.41 Å². The van der Waals surface area contributed by atoms with Crippen molar-refractivity contribution in [1.82, 2.24) is 0 Å². The molecule has 234 valence electrons. The van der Waals surface area contributed by atoms with Gasteiger partial charge in [-0.2, -0.15) is 0 Å². The van der Waals surface area contributed by atoms with Crippen LogP contribution in [0.25, 0.3) is 0 Å². The molecule has 0 aromatic heterocycles. The summed E-state index contributed by atoms with van der Waals surface area (Å²) in [6, 6.07) is 0. The Balaban J connectivity index is 1.89. The lowest BCUT2D eigenvalue weighted by Gasteiger charge is -2.35. The van der Waals surface area contributed by atoms with E-state index in [4.69, 9.17) is 0 Å². The summed E-state index contributed by atoms with van der Waals surface area (Å²) >= 11 is 0. The van der Waals surface area contributed by atoms with Crippen LogP contribution < -0.4 is 0 Å². The molecule has 0 heterocycles. The molecule has 3 heteroatoms. The molecule has 2 rings (SSSR count). The van der Waals surface area contributed by atoms with Crippen molar-refractivity contribution in [2.75, 3.05) is 0 Å². The molecule has 3 nitrogen and oxygen atoms in total. The molecular weight excluding hydrogens is 528 g/mol. The number of aliphatic hydroxyl groups is 2. The van der Waals surface area contributed by atoms with Gasteiger partial charge in [-0.15, -0.1) is 0 Å². The van der Waals surface area contributed by atoms with E-state index in [1.807, 2.05) is 50.3 Å². The third kappa shape index (κ3) is 10.9. The molecule has 0 saturated heterocycles. The molecule has 0 unspecified atom stereocenters. The van der Waals surface area contributed by atoms with Crippen molar-refractivity contribution in [3.8, 4) is 0 Å². The standard InChI is InChI=1S/C40H56O3/c1-29(17-13-19-31(3)21-23-36-33(5)25-34(41)26-38(36,6)7)15-11-12-16-30(2)18-14-20-32(4)22-24-37(43)40(10)28-35(42)27-39(40,8)9/h11-24,34-35,41-42H,25-28H2,1-10H3/b12-11+,17-13+,18-14+,23-21+,24-22+,29-15-,30-16-,31-19+,32-20+/t34-,35+,40+/m1/s1. The summed E-state index contributed by atoms with van der Waals surface area (Å²) in [5, 5.41) is 20.2. The number of carbonyl (C=O) groups excluding carboxylic acids is 1. The minimum Gasteiger partial charge on any atom is -0.393 e. The van der Waals surface area contributed by atoms with Gasteiger partial charge < -0.3 is 10.2 Å². The Bertz CT molecular complexity index is 1310. The van der Waals surface area contributed by atoms with Gasteiger partial charge in [0.25, 0.3) is 0 Å². The molecule has 0 aromatic carbocycles. The summed E-state index contributed by atoms with van der Waals surface area (Å²) in [5.74, 6) is 0.0853. The van der Waals surface area contributed by atoms with Gasteiger partial charge in [-0.05, 0) is 82.8 Å². The van der Waals surface area contributed by atoms with Crippen molar-refractivity contribution in [2.45, 2.75) is 107 Å². The Morgan fingerprint density at radius 1 is 0.651 bits per heavy atom. The SMILES string of the molecule is CC1=C(/C=C/C(C)=C/C=C/C(C)=C\C=C\C=C(C)/C=C/C=C(C)/C=C/C(=O)[C@]2(C)C[C@@H](O)CC2(C)C)C(C)(C)C[C@H](O)C1. The van der Waals surface area contributed by atoms with Crippen molar-refractivity contribution in [3.63, 3.8) is 0 Å². The molecule has 43 heavy (non-hydrogen) atoms. The Hall–Kier alpha value is -3.01. The number of hydrogen-bond acceptors (Lipinski definition) is 3. The summed E-state index contributed by atoms with van der Waals surface area (Å²) < 4.78 is 0. The number of rotatable bonds is 11. The zero-order valence-corrected chi connectivity index (χ0v) is 28.4. The van der Waals surface area contributed by atoms with Crippen LogP contribution >= 0.6 is 0 Å². The minimum absolute atomic E-state index is 0.00528. The maximum atomic E-state index is 12.9. The second kappa shape index (κ2) is 15.6. The molecule has 3 atom stereocenters. The maximum Gasteiger partial charge on any atom is 0.162 e. The third-order valence-corrected chi connectivity index (χ3v) is 9.18. The Morgan fingerprint density at radius 2 is 1.14 bits per heavy atom. The van der Waals surface area contributed by atoms with Gasteiger partial charge >= 0.3 is 0 Å². The van der Waals surface area contributed by atoms with E-state index < -0.39 is 11.5 Å². The fourth-order valence-electron chi connectivity index (χ4n) is 6.19. The molecule has 0 radical (unpaired) electrons. The molecular formula is C40H56O3. The van der Waals surface area contributed by atoms with Crippen LogP contribution in [0, 0.1) is 16.2 Å². The van der Waals surface area contributed by atoms with Gasteiger partial charge in [0.2, 0.25) is 0 Å². The highest BCUT2D eigenvalue weighted by Crippen LogP contribution is 2.53. The molecule has 1 fully saturated rings. The molecule has 2 N–H and O–H groups in total. The fraction of sp³-hybridized carbons (Fsp3) is 0.475. The summed E-state index contributed by atoms with van der Waals surface area (Å²) in [6.07, 6.45) is 30.6. The summed E-state index contributed by atoms with van der Waals surface area (Å²) in [4.78, 5) is 12.9. The van der Waals surface area contributed by atoms with Crippen molar-refractivity contribution in [1.29, 1.82) is 0 Å². The highest BCUT2D eigenvalue weighted by molar-refractivity contribution is 5.95. The lowest BCUT2D eigenvalue weighted by molar-refractivity contribution is -0.127. The second-order valence-electron chi connectivity index (χ2n) is 14.2. The predicted octanol–water partition coefficient (Wildman–Crippen LogP) is 9.81. The van der Waals surface area contributed by atoms with Crippen molar-refractivity contribution in [2.24, 2.45) is 16.2 Å². The second-order valence-corrected chi connectivity index (χ2v) is 14.2. The lowest BCUT2D eigenvalue weighted by atomic mass is 9.66. The molecule has 0 aromatic rings. The van der Waals surface area contributed by atoms with Crippen molar-refractivity contribution >= 4 is 5.78 Å². The van der Waals surface area contributed by atoms with Gasteiger partial charge in [-0.25, -0.2) is 0 Å². The van der Waals surface area contributed by atoms with Gasteiger partial charge in [-0.3, -0.25) is 4.79 Å². The zero-order valence-electron chi connectivity index (χ0n) is 28.4. The molecule has 1 saturated carbocycles. The van der Waals surface area contributed by atoms with Crippen molar-refractivity contribution < 1.29 is 15.0 Å². The summed E-state index contributed by atoms with van der Waals surface area (Å²) in [7, 11) is 0. The number of ketones is 1. The van der Waals surface area contributed by atoms with Gasteiger partial charge in [0.05, 0.1) is 12.2 Å². The van der Waals surface area contributed by atoms with Crippen LogP contribution in [0.2, 0.25) is 0 Å². The first kappa shape index (κ1) is 36.2. The van der Waals surface area contributed by atoms with Crippen LogP contribution in [0.3, 0.4) is 0 Å². The van der Waals surface area contributed by atoms with Crippen LogP contribution in [-0.2, 0) is 4.79 Å². The summed E-state index contributed by atoms with van der Waals surface area (Å²) in [5.41, 5.74) is 6.34. The van der Waals surface area contributed by atoms with E-state index in [2.05, 4.69) is 97.9 Å². The Labute approximate surface area is 262 Å². The maximum absolute atomic E-state index is 12.9. The minimum atomic E-state index is -0.532. The van der Waals surface area contributed by atoms with Gasteiger partial charge in [0.15, 0.2) is 5.78 Å². The van der Waals surface area contributed by atoms with Gasteiger partial charge in [-0.1, -0.05) is 141 Å². The topological polar surface area (TPSA) is 57.5 Å². The van der Waals surface area contributed by atoms with E-state index in [-0.39, 0.29) is 22.7 Å². The first-order valence-electron chi connectivity index (χ1n) is 15.7. The predicted molar refractivity (Wildman–Crippen MR) is 185 cm³/mol. The Morgan fingerprint density at radius 3 is 1.63 bits per heavy atom. The van der Waals surface area contributed by atoms with E-state index in [1.165, 1.54) is 16.7 Å². The fourth-order valence-corrected chi connectivity index (χ4v) is 6.19. The van der Waals surface area contributed by atoms with E-state index in [9.17, 15) is 15.0 Å². The van der Waals surface area contributed by atoms with Crippen LogP contribution in [0.1, 0.15) is 94.9 Å². The zero-order chi connectivity index (χ0) is 32.4. The quantitative estimate of drug-likeness (QED) is 0.188. The third-order valence-electron chi connectivity index (χ3n) is 9.18. The molecule has 0 bridgehead atoms. The molecule has 0 aliphatic heterocycles. The molecule has 0 spiro atoms. The number of aliphatic hydroxyl groups excluding tert-OH is 2. The Kier molecular flexibility index (Phi) is 13.2. The number of hydrogen-bond donors (Lipinski definition) is 2. The highest BCUT2D eigenvalue weighted by Gasteiger charge is 2.52. The summed E-state index contributed by atoms with van der Waals surface area (Å²) in [6.45, 7) is 20.9. The monoisotopic (exact) mass is 584 g/mol. The van der Waals surface area contributed by atoms with Crippen LogP contribution in [0.4, 0.5) is 0 Å². The molecule has 0 amide bonds. The largest absolute Gasteiger partial charge is 0.393 e. The van der Waals surface area contributed by atoms with Crippen LogP contribution in [0.15, 0.2) is 119 Å². The van der Waals surface area contributed by atoms with E-state index in [0.29, 0.717) is 12.8 Å². The van der Waals surface area contributed by atoms with E-state index >= 15 is 0 Å². The first-order chi connectivity index (χ1) is 20.0. The van der Waals surface area contributed by atoms with Crippen LogP contribution in [-0.4, -0.2) is 28.2 Å². The van der Waals surface area contributed by atoms with Gasteiger partial charge in [0.1, 0.15) is 0 Å².